The van der Waals surface area contributed by atoms with E-state index in [-0.39, 0.29) is 43.2 Å². The molecule has 28 heavy (non-hydrogen) atoms. The number of aliphatic imine (C=N–C) groups is 1. The predicted octanol–water partition coefficient (Wildman–Crippen LogP) is 3.02. The van der Waals surface area contributed by atoms with E-state index in [4.69, 9.17) is 9.47 Å². The van der Waals surface area contributed by atoms with Gasteiger partial charge in [0.1, 0.15) is 17.9 Å². The zero-order chi connectivity index (χ0) is 20.4. The number of nitrogens with one attached hydrogen (secondary N) is 2. The van der Waals surface area contributed by atoms with Gasteiger partial charge >= 0.3 is 5.97 Å². The lowest BCUT2D eigenvalue weighted by molar-refractivity contribution is -0.152. The van der Waals surface area contributed by atoms with Crippen LogP contribution in [0.25, 0.3) is 0 Å². The Kier molecular flexibility index (Phi) is 12.1. The van der Waals surface area contributed by atoms with Crippen LogP contribution >= 0.6 is 24.0 Å². The van der Waals surface area contributed by atoms with Crippen molar-refractivity contribution < 1.29 is 19.4 Å². The molecule has 0 aromatic heterocycles. The van der Waals surface area contributed by atoms with E-state index in [1.807, 2.05) is 65.8 Å². The van der Waals surface area contributed by atoms with Crippen molar-refractivity contribution >= 4 is 35.9 Å². The lowest BCUT2D eigenvalue weighted by Gasteiger charge is -2.19. The molecule has 0 saturated carbocycles. The highest BCUT2D eigenvalue weighted by atomic mass is 127. The van der Waals surface area contributed by atoms with Crippen molar-refractivity contribution in [2.24, 2.45) is 4.99 Å². The summed E-state index contributed by atoms with van der Waals surface area (Å²) >= 11 is 0. The number of hydrogen-bond acceptors (Lipinski definition) is 5. The van der Waals surface area contributed by atoms with E-state index in [0.29, 0.717) is 12.5 Å². The van der Waals surface area contributed by atoms with Crippen molar-refractivity contribution in [1.29, 1.82) is 0 Å². The van der Waals surface area contributed by atoms with Crippen LogP contribution in [0.4, 0.5) is 0 Å². The highest BCUT2D eigenvalue weighted by molar-refractivity contribution is 14.0. The minimum atomic E-state index is -0.719. The Labute approximate surface area is 185 Å². The van der Waals surface area contributed by atoms with Crippen LogP contribution in [0.1, 0.15) is 53.2 Å². The Morgan fingerprint density at radius 3 is 2.29 bits per heavy atom. The van der Waals surface area contributed by atoms with Gasteiger partial charge in [-0.15, -0.1) is 24.0 Å². The van der Waals surface area contributed by atoms with Gasteiger partial charge in [-0.2, -0.15) is 0 Å². The molecule has 0 aliphatic heterocycles. The van der Waals surface area contributed by atoms with Gasteiger partial charge in [0, 0.05) is 13.1 Å². The second kappa shape index (κ2) is 12.8. The second-order valence-corrected chi connectivity index (χ2v) is 7.41. The Morgan fingerprint density at radius 2 is 1.79 bits per heavy atom. The lowest BCUT2D eigenvalue weighted by atomic mass is 10.1. The maximum Gasteiger partial charge on any atom is 0.328 e. The van der Waals surface area contributed by atoms with Crippen molar-refractivity contribution in [2.45, 2.75) is 59.4 Å². The summed E-state index contributed by atoms with van der Waals surface area (Å²) in [4.78, 5) is 16.0. The van der Waals surface area contributed by atoms with Crippen LogP contribution in [0.2, 0.25) is 0 Å². The fourth-order valence-electron chi connectivity index (χ4n) is 2.21. The van der Waals surface area contributed by atoms with E-state index >= 15 is 0 Å². The predicted molar refractivity (Wildman–Crippen MR) is 122 cm³/mol. The van der Waals surface area contributed by atoms with Gasteiger partial charge in [-0.1, -0.05) is 12.1 Å². The van der Waals surface area contributed by atoms with Crippen molar-refractivity contribution in [3.8, 4) is 5.75 Å². The molecule has 0 aliphatic rings. The number of esters is 1. The third kappa shape index (κ3) is 11.3. The molecule has 0 heterocycles. The number of aliphatic hydroxyl groups is 1. The van der Waals surface area contributed by atoms with Crippen LogP contribution in [-0.4, -0.2) is 48.4 Å². The number of rotatable bonds is 8. The molecule has 1 aromatic carbocycles. The van der Waals surface area contributed by atoms with Gasteiger partial charge < -0.3 is 25.2 Å². The zero-order valence-electron chi connectivity index (χ0n) is 17.6. The fourth-order valence-corrected chi connectivity index (χ4v) is 2.21. The smallest absolute Gasteiger partial charge is 0.328 e. The zero-order valence-corrected chi connectivity index (χ0v) is 19.9. The molecule has 1 atom stereocenters. The number of hydrogen-bond donors (Lipinski definition) is 3. The van der Waals surface area contributed by atoms with E-state index in [1.54, 1.807) is 0 Å². The molecule has 1 aromatic rings. The van der Waals surface area contributed by atoms with Gasteiger partial charge in [0.2, 0.25) is 0 Å². The summed E-state index contributed by atoms with van der Waals surface area (Å²) in [6.07, 6.45) is -0.616. The Balaban J connectivity index is 0.00000729. The number of ether oxygens (including phenoxy) is 2. The first-order valence-electron chi connectivity index (χ1n) is 9.29. The van der Waals surface area contributed by atoms with Crippen molar-refractivity contribution in [1.82, 2.24) is 10.6 Å². The number of carbonyl (C=O) groups is 1. The highest BCUT2D eigenvalue weighted by Crippen LogP contribution is 2.18. The molecular weight excluding hydrogens is 473 g/mol. The average Bonchev–Trinajstić information content (AvgIpc) is 2.55. The summed E-state index contributed by atoms with van der Waals surface area (Å²) in [5.41, 5.74) is 0.224. The van der Waals surface area contributed by atoms with Gasteiger partial charge in [0.15, 0.2) is 5.96 Å². The minimum Gasteiger partial charge on any atom is -0.491 e. The summed E-state index contributed by atoms with van der Waals surface area (Å²) < 4.78 is 10.8. The summed E-state index contributed by atoms with van der Waals surface area (Å²) in [6, 6.07) is 7.32. The van der Waals surface area contributed by atoms with Crippen LogP contribution in [-0.2, 0) is 9.53 Å². The lowest BCUT2D eigenvalue weighted by Crippen LogP contribution is -2.40. The third-order valence-electron chi connectivity index (χ3n) is 3.23. The van der Waals surface area contributed by atoms with Gasteiger partial charge in [-0.25, -0.2) is 4.99 Å². The second-order valence-electron chi connectivity index (χ2n) is 7.41. The monoisotopic (exact) mass is 507 g/mol. The standard InChI is InChI=1S/C20H33N3O4.HI/c1-7-21-19(23-13-18(25)27-20(4,5)6)22-12-17(24)15-8-10-16(11-9-15)26-14(2)3;/h8-11,14,17,24H,7,12-13H2,1-6H3,(H2,21,22,23);1H. The van der Waals surface area contributed by atoms with E-state index in [2.05, 4.69) is 15.6 Å². The molecule has 0 aliphatic carbocycles. The van der Waals surface area contributed by atoms with Gasteiger partial charge in [0.25, 0.3) is 0 Å². The minimum absolute atomic E-state index is 0. The molecule has 0 bridgehead atoms. The number of benzene rings is 1. The van der Waals surface area contributed by atoms with Crippen LogP contribution in [0.5, 0.6) is 5.75 Å². The fraction of sp³-hybridized carbons (Fsp3) is 0.600. The maximum atomic E-state index is 11.8. The van der Waals surface area contributed by atoms with Crippen LogP contribution in [0, 0.1) is 0 Å². The third-order valence-corrected chi connectivity index (χ3v) is 3.23. The van der Waals surface area contributed by atoms with Gasteiger partial charge in [-0.3, -0.25) is 4.79 Å². The maximum absolute atomic E-state index is 11.8. The summed E-state index contributed by atoms with van der Waals surface area (Å²) in [5.74, 6) is 0.810. The number of carbonyl (C=O) groups excluding carboxylic acids is 1. The molecular formula is C20H34IN3O4. The molecule has 0 spiro atoms. The first kappa shape index (κ1) is 26.4. The van der Waals surface area contributed by atoms with Crippen molar-refractivity contribution in [3.63, 3.8) is 0 Å². The van der Waals surface area contributed by atoms with Crippen molar-refractivity contribution in [3.05, 3.63) is 29.8 Å². The first-order chi connectivity index (χ1) is 12.6. The van der Waals surface area contributed by atoms with Crippen LogP contribution in [0.3, 0.4) is 0 Å². The SMILES string of the molecule is CCNC(=NCC(=O)OC(C)(C)C)NCC(O)c1ccc(OC(C)C)cc1.I. The van der Waals surface area contributed by atoms with E-state index in [9.17, 15) is 9.90 Å². The summed E-state index contributed by atoms with van der Waals surface area (Å²) in [6.45, 7) is 12.1. The van der Waals surface area contributed by atoms with E-state index < -0.39 is 17.7 Å². The van der Waals surface area contributed by atoms with E-state index in [1.165, 1.54) is 0 Å². The summed E-state index contributed by atoms with van der Waals surface area (Å²) in [5, 5.41) is 16.4. The highest BCUT2D eigenvalue weighted by Gasteiger charge is 2.16. The number of guanidine groups is 1. The van der Waals surface area contributed by atoms with Crippen LogP contribution in [0.15, 0.2) is 29.3 Å². The number of nitrogens with zero attached hydrogens (tertiary/aromatic N) is 1. The quantitative estimate of drug-likeness (QED) is 0.217. The molecule has 0 amide bonds. The molecule has 0 radical (unpaired) electrons. The molecule has 8 heteroatoms. The van der Waals surface area contributed by atoms with Crippen molar-refractivity contribution in [2.75, 3.05) is 19.6 Å². The first-order valence-corrected chi connectivity index (χ1v) is 9.29. The molecule has 160 valence electrons. The van der Waals surface area contributed by atoms with Gasteiger partial charge in [0.05, 0.1) is 12.2 Å². The molecule has 7 nitrogen and oxygen atoms in total. The Bertz CT molecular complexity index is 613. The van der Waals surface area contributed by atoms with E-state index in [0.717, 1.165) is 11.3 Å². The topological polar surface area (TPSA) is 92.2 Å². The summed E-state index contributed by atoms with van der Waals surface area (Å²) in [7, 11) is 0. The van der Waals surface area contributed by atoms with Gasteiger partial charge in [-0.05, 0) is 59.2 Å². The Morgan fingerprint density at radius 1 is 1.18 bits per heavy atom. The average molecular weight is 507 g/mol. The number of aliphatic hydroxyl groups excluding tert-OH is 1. The van der Waals surface area contributed by atoms with Crippen LogP contribution < -0.4 is 15.4 Å². The Hall–Kier alpha value is -1.55. The molecule has 1 rings (SSSR count). The molecule has 3 N–H and O–H groups in total. The number of halogens is 1. The molecule has 1 unspecified atom stereocenters. The molecule has 0 fully saturated rings. The molecule has 0 saturated heterocycles. The largest absolute Gasteiger partial charge is 0.491 e. The normalized spacial score (nSPS) is 12.8.